The van der Waals surface area contributed by atoms with Gasteiger partial charge in [0.25, 0.3) is 0 Å². The van der Waals surface area contributed by atoms with Crippen LogP contribution in [0.5, 0.6) is 0 Å². The summed E-state index contributed by atoms with van der Waals surface area (Å²) >= 11 is 5.62. The predicted octanol–water partition coefficient (Wildman–Crippen LogP) is 4.07. The van der Waals surface area contributed by atoms with Gasteiger partial charge in [0, 0.05) is 0 Å². The van der Waals surface area contributed by atoms with E-state index in [9.17, 15) is 27.2 Å². The maximum absolute atomic E-state index is 14.2. The van der Waals surface area contributed by atoms with Gasteiger partial charge in [-0.2, -0.15) is 18.3 Å². The van der Waals surface area contributed by atoms with Crippen LogP contribution in [0, 0.1) is 5.82 Å². The van der Waals surface area contributed by atoms with Crippen molar-refractivity contribution in [2.24, 2.45) is 5.10 Å². The third-order valence-electron chi connectivity index (χ3n) is 4.53. The van der Waals surface area contributed by atoms with Gasteiger partial charge < -0.3 is 15.5 Å². The standard InChI is InChI=1S/C17H16ClF4N5O2/c1-3-13-14-12(23-15(28)26-25-14)4-7(2)27(13)16(29)24-11-6-9(18)8(5-10(11)19)17(20,21)22/h4-7,13H,3H2,1-2H3,(H,24,29)(H2,23,26,28)/t7-,13?/m0/s1. The Morgan fingerprint density at radius 3 is 2.69 bits per heavy atom. The number of alkyl halides is 3. The average molecular weight is 434 g/mol. The fraction of sp³-hybridized carbons (Fsp3) is 0.353. The highest BCUT2D eigenvalue weighted by Crippen LogP contribution is 2.37. The molecule has 3 N–H and O–H groups in total. The molecular weight excluding hydrogens is 418 g/mol. The zero-order valence-electron chi connectivity index (χ0n) is 15.2. The Labute approximate surface area is 167 Å². The van der Waals surface area contributed by atoms with E-state index in [4.69, 9.17) is 11.6 Å². The smallest absolute Gasteiger partial charge is 0.310 e. The number of benzene rings is 1. The third kappa shape index (κ3) is 4.00. The lowest BCUT2D eigenvalue weighted by Gasteiger charge is -2.40. The van der Waals surface area contributed by atoms with E-state index < -0.39 is 52.4 Å². The number of nitrogens with zero attached hydrogens (tertiary/aromatic N) is 2. The number of hydrogen-bond donors (Lipinski definition) is 3. The lowest BCUT2D eigenvalue weighted by Crippen LogP contribution is -2.58. The van der Waals surface area contributed by atoms with Gasteiger partial charge in [0.1, 0.15) is 11.5 Å². The Hall–Kier alpha value is -2.82. The summed E-state index contributed by atoms with van der Waals surface area (Å²) in [6.45, 7) is 3.46. The molecule has 2 aliphatic heterocycles. The molecule has 0 aromatic heterocycles. The van der Waals surface area contributed by atoms with Crippen molar-refractivity contribution in [1.82, 2.24) is 15.6 Å². The van der Waals surface area contributed by atoms with Gasteiger partial charge in [-0.3, -0.25) is 0 Å². The van der Waals surface area contributed by atoms with Crippen LogP contribution in [0.25, 0.3) is 0 Å². The topological polar surface area (TPSA) is 85.8 Å². The molecule has 4 amide bonds. The number of carbonyl (C=O) groups excluding carboxylic acids is 2. The highest BCUT2D eigenvalue weighted by molar-refractivity contribution is 6.31. The second kappa shape index (κ2) is 7.54. The number of urea groups is 2. The molecule has 2 aliphatic rings. The highest BCUT2D eigenvalue weighted by atomic mass is 35.5. The van der Waals surface area contributed by atoms with Crippen molar-refractivity contribution in [3.05, 3.63) is 40.3 Å². The molecule has 0 bridgehead atoms. The van der Waals surface area contributed by atoms with Gasteiger partial charge in [0.05, 0.1) is 34.1 Å². The van der Waals surface area contributed by atoms with Crippen LogP contribution < -0.4 is 16.1 Å². The summed E-state index contributed by atoms with van der Waals surface area (Å²) in [6, 6.07) is -1.40. The molecule has 0 saturated heterocycles. The number of halogens is 5. The van der Waals surface area contributed by atoms with Gasteiger partial charge in [0.15, 0.2) is 0 Å². The van der Waals surface area contributed by atoms with E-state index >= 15 is 0 Å². The van der Waals surface area contributed by atoms with Crippen LogP contribution in [-0.2, 0) is 6.18 Å². The number of amides is 4. The number of hydrogen-bond acceptors (Lipinski definition) is 3. The molecule has 7 nitrogen and oxygen atoms in total. The summed E-state index contributed by atoms with van der Waals surface area (Å²) in [7, 11) is 0. The molecule has 0 fully saturated rings. The Bertz CT molecular complexity index is 931. The molecule has 1 aromatic carbocycles. The van der Waals surface area contributed by atoms with Gasteiger partial charge in [0.2, 0.25) is 0 Å². The summed E-state index contributed by atoms with van der Waals surface area (Å²) < 4.78 is 52.7. The van der Waals surface area contributed by atoms with Gasteiger partial charge in [-0.1, -0.05) is 18.5 Å². The Morgan fingerprint density at radius 1 is 1.38 bits per heavy atom. The Morgan fingerprint density at radius 2 is 2.07 bits per heavy atom. The molecule has 1 aromatic rings. The molecule has 12 heteroatoms. The highest BCUT2D eigenvalue weighted by Gasteiger charge is 2.39. The zero-order valence-corrected chi connectivity index (χ0v) is 16.0. The molecular formula is C17H16ClF4N5O2. The summed E-state index contributed by atoms with van der Waals surface area (Å²) in [6.07, 6.45) is -2.81. The maximum Gasteiger partial charge on any atom is 0.417 e. The van der Waals surface area contributed by atoms with Crippen molar-refractivity contribution in [2.75, 3.05) is 5.32 Å². The molecule has 2 heterocycles. The minimum absolute atomic E-state index is 0.234. The predicted molar refractivity (Wildman–Crippen MR) is 98.0 cm³/mol. The first-order valence-electron chi connectivity index (χ1n) is 8.55. The maximum atomic E-state index is 14.2. The molecule has 2 atom stereocenters. The van der Waals surface area contributed by atoms with E-state index in [1.165, 1.54) is 4.90 Å². The SMILES string of the molecule is CCC1C2=NNC(=O)NC2=C[C@H](C)N1C(=O)Nc1cc(Cl)c(C(F)(F)F)cc1F. The molecule has 29 heavy (non-hydrogen) atoms. The number of nitrogens with one attached hydrogen (secondary N) is 3. The number of hydrazone groups is 1. The molecule has 0 aliphatic carbocycles. The molecule has 156 valence electrons. The van der Waals surface area contributed by atoms with E-state index in [-0.39, 0.29) is 6.07 Å². The van der Waals surface area contributed by atoms with Crippen LogP contribution in [0.15, 0.2) is 29.0 Å². The third-order valence-corrected chi connectivity index (χ3v) is 4.84. The van der Waals surface area contributed by atoms with Crippen LogP contribution in [0.1, 0.15) is 25.8 Å². The van der Waals surface area contributed by atoms with E-state index in [0.717, 1.165) is 0 Å². The monoisotopic (exact) mass is 433 g/mol. The van der Waals surface area contributed by atoms with Crippen LogP contribution >= 0.6 is 11.6 Å². The van der Waals surface area contributed by atoms with Crippen LogP contribution in [0.3, 0.4) is 0 Å². The average Bonchev–Trinajstić information content (AvgIpc) is 2.61. The summed E-state index contributed by atoms with van der Waals surface area (Å²) in [5.41, 5.74) is 1.31. The lowest BCUT2D eigenvalue weighted by atomic mass is 9.96. The Kier molecular flexibility index (Phi) is 5.44. The zero-order chi connectivity index (χ0) is 21.5. The Balaban J connectivity index is 1.89. The van der Waals surface area contributed by atoms with Crippen molar-refractivity contribution >= 4 is 35.1 Å². The molecule has 1 unspecified atom stereocenters. The first-order chi connectivity index (χ1) is 13.5. The van der Waals surface area contributed by atoms with Gasteiger partial charge in [-0.05, 0) is 31.6 Å². The number of anilines is 1. The number of carbonyl (C=O) groups is 2. The van der Waals surface area contributed by atoms with Crippen LogP contribution in [-0.4, -0.2) is 34.8 Å². The van der Waals surface area contributed by atoms with Crippen molar-refractivity contribution < 1.29 is 27.2 Å². The van der Waals surface area contributed by atoms with Crippen molar-refractivity contribution in [3.63, 3.8) is 0 Å². The molecule has 3 rings (SSSR count). The molecule has 0 saturated carbocycles. The van der Waals surface area contributed by atoms with Gasteiger partial charge in [-0.15, -0.1) is 0 Å². The minimum Gasteiger partial charge on any atom is -0.310 e. The van der Waals surface area contributed by atoms with E-state index in [0.29, 0.717) is 23.9 Å². The summed E-state index contributed by atoms with van der Waals surface area (Å²) in [4.78, 5) is 25.6. The quantitative estimate of drug-likeness (QED) is 0.614. The molecule has 0 radical (unpaired) electrons. The number of rotatable bonds is 2. The molecule has 0 spiro atoms. The fourth-order valence-electron chi connectivity index (χ4n) is 3.26. The minimum atomic E-state index is -4.83. The van der Waals surface area contributed by atoms with Crippen molar-refractivity contribution in [1.29, 1.82) is 0 Å². The van der Waals surface area contributed by atoms with Gasteiger partial charge >= 0.3 is 18.2 Å². The van der Waals surface area contributed by atoms with Crippen LogP contribution in [0.4, 0.5) is 32.8 Å². The van der Waals surface area contributed by atoms with E-state index in [2.05, 4.69) is 21.2 Å². The summed E-state index contributed by atoms with van der Waals surface area (Å²) in [5.74, 6) is -1.27. The first kappa shape index (κ1) is 20.9. The first-order valence-corrected chi connectivity index (χ1v) is 8.93. The van der Waals surface area contributed by atoms with Crippen molar-refractivity contribution in [3.8, 4) is 0 Å². The van der Waals surface area contributed by atoms with E-state index in [1.54, 1.807) is 19.9 Å². The second-order valence-corrected chi connectivity index (χ2v) is 6.86. The normalized spacial score (nSPS) is 21.5. The van der Waals surface area contributed by atoms with Crippen molar-refractivity contribution in [2.45, 2.75) is 38.5 Å². The van der Waals surface area contributed by atoms with E-state index in [1.807, 2.05) is 0 Å². The van der Waals surface area contributed by atoms with Crippen LogP contribution in [0.2, 0.25) is 5.02 Å². The van der Waals surface area contributed by atoms with Gasteiger partial charge in [-0.25, -0.2) is 19.4 Å². The summed E-state index contributed by atoms with van der Waals surface area (Å²) in [5, 5.41) is 8.10. The number of fused-ring (bicyclic) bond motifs is 1. The second-order valence-electron chi connectivity index (χ2n) is 6.46. The largest absolute Gasteiger partial charge is 0.417 e. The fourth-order valence-corrected chi connectivity index (χ4v) is 3.53. The lowest BCUT2D eigenvalue weighted by molar-refractivity contribution is -0.137.